The Kier molecular flexibility index (Phi) is 17.5. The van der Waals surface area contributed by atoms with Crippen LogP contribution in [0.1, 0.15) is 25.8 Å². The number of anilines is 1. The van der Waals surface area contributed by atoms with Gasteiger partial charge in [0.05, 0.1) is 72.6 Å². The molecule has 0 bridgehead atoms. The molecule has 5 amide bonds. The summed E-state index contributed by atoms with van der Waals surface area (Å²) < 4.78 is 26.6. The fourth-order valence-corrected chi connectivity index (χ4v) is 3.85. The van der Waals surface area contributed by atoms with Gasteiger partial charge in [0.25, 0.3) is 11.8 Å². The maximum atomic E-state index is 12.6. The third-order valence-corrected chi connectivity index (χ3v) is 6.19. The predicted octanol–water partition coefficient (Wildman–Crippen LogP) is 0.410. The van der Waals surface area contributed by atoms with Gasteiger partial charge in [-0.1, -0.05) is 26.0 Å². The lowest BCUT2D eigenvalue weighted by molar-refractivity contribution is -0.137. The van der Waals surface area contributed by atoms with Crippen molar-refractivity contribution in [2.75, 3.05) is 78.4 Å². The second-order valence-electron chi connectivity index (χ2n) is 10.0. The third kappa shape index (κ3) is 14.7. The summed E-state index contributed by atoms with van der Waals surface area (Å²) in [5.41, 5.74) is 1.57. The SMILES string of the molecule is COCc1ccc(NC(=O)CNC(=O)C(NC(=O)CCOCCOCCOCCOCCN2C(=O)C=CC2=O)C(C)C)cc1. The molecule has 1 heterocycles. The molecule has 0 saturated heterocycles. The van der Waals surface area contributed by atoms with Gasteiger partial charge in [-0.05, 0) is 23.6 Å². The number of hydrogen-bond acceptors (Lipinski definition) is 10. The molecule has 1 unspecified atom stereocenters. The van der Waals surface area contributed by atoms with E-state index in [0.29, 0.717) is 45.3 Å². The summed E-state index contributed by atoms with van der Waals surface area (Å²) in [6.07, 6.45) is 2.53. The number of rotatable bonds is 23. The van der Waals surface area contributed by atoms with Gasteiger partial charge in [0.15, 0.2) is 0 Å². The molecule has 0 fully saturated rings. The van der Waals surface area contributed by atoms with Crippen molar-refractivity contribution in [3.05, 3.63) is 42.0 Å². The average molecular weight is 621 g/mol. The smallest absolute Gasteiger partial charge is 0.253 e. The Bertz CT molecular complexity index is 1080. The van der Waals surface area contributed by atoms with Crippen LogP contribution in [0.25, 0.3) is 0 Å². The molecule has 3 N–H and O–H groups in total. The van der Waals surface area contributed by atoms with Crippen LogP contribution in [0.2, 0.25) is 0 Å². The molecule has 0 radical (unpaired) electrons. The maximum Gasteiger partial charge on any atom is 0.253 e. The number of imide groups is 1. The topological polar surface area (TPSA) is 171 Å². The summed E-state index contributed by atoms with van der Waals surface area (Å²) in [5, 5.41) is 7.99. The van der Waals surface area contributed by atoms with Crippen LogP contribution >= 0.6 is 0 Å². The van der Waals surface area contributed by atoms with Gasteiger partial charge in [-0.15, -0.1) is 0 Å². The van der Waals surface area contributed by atoms with Crippen LogP contribution in [-0.2, 0) is 54.3 Å². The number of amides is 5. The molecule has 0 saturated carbocycles. The summed E-state index contributed by atoms with van der Waals surface area (Å²) in [7, 11) is 1.60. The fraction of sp³-hybridized carbons (Fsp3) is 0.567. The van der Waals surface area contributed by atoms with E-state index in [4.69, 9.17) is 23.7 Å². The first kappa shape index (κ1) is 36.5. The van der Waals surface area contributed by atoms with Gasteiger partial charge in [-0.3, -0.25) is 28.9 Å². The molecule has 44 heavy (non-hydrogen) atoms. The van der Waals surface area contributed by atoms with Crippen molar-refractivity contribution in [2.45, 2.75) is 32.9 Å². The molecule has 244 valence electrons. The predicted molar refractivity (Wildman–Crippen MR) is 159 cm³/mol. The molecule has 0 aliphatic carbocycles. The summed E-state index contributed by atoms with van der Waals surface area (Å²) >= 11 is 0. The van der Waals surface area contributed by atoms with Crippen molar-refractivity contribution in [2.24, 2.45) is 5.92 Å². The van der Waals surface area contributed by atoms with E-state index in [9.17, 15) is 24.0 Å². The third-order valence-electron chi connectivity index (χ3n) is 6.19. The largest absolute Gasteiger partial charge is 0.380 e. The van der Waals surface area contributed by atoms with Crippen LogP contribution < -0.4 is 16.0 Å². The van der Waals surface area contributed by atoms with Gasteiger partial charge in [0, 0.05) is 31.4 Å². The van der Waals surface area contributed by atoms with E-state index in [1.165, 1.54) is 12.2 Å². The Morgan fingerprint density at radius 1 is 0.773 bits per heavy atom. The molecule has 1 aliphatic rings. The van der Waals surface area contributed by atoms with E-state index in [1.807, 2.05) is 12.1 Å². The summed E-state index contributed by atoms with van der Waals surface area (Å²) in [6.45, 7) is 6.46. The van der Waals surface area contributed by atoms with Crippen molar-refractivity contribution in [1.29, 1.82) is 0 Å². The molecule has 0 aromatic heterocycles. The van der Waals surface area contributed by atoms with Crippen molar-refractivity contribution in [1.82, 2.24) is 15.5 Å². The Morgan fingerprint density at radius 2 is 1.32 bits per heavy atom. The number of benzene rings is 1. The number of ether oxygens (including phenoxy) is 5. The lowest BCUT2D eigenvalue weighted by Gasteiger charge is -2.21. The minimum Gasteiger partial charge on any atom is -0.380 e. The normalized spacial score (nSPS) is 13.4. The first-order valence-corrected chi connectivity index (χ1v) is 14.5. The van der Waals surface area contributed by atoms with Gasteiger partial charge >= 0.3 is 0 Å². The summed E-state index contributed by atoms with van der Waals surface area (Å²) in [6, 6.07) is 6.38. The summed E-state index contributed by atoms with van der Waals surface area (Å²) in [5.74, 6) is -2.04. The van der Waals surface area contributed by atoms with Crippen molar-refractivity contribution in [3.8, 4) is 0 Å². The van der Waals surface area contributed by atoms with E-state index < -0.39 is 11.9 Å². The average Bonchev–Trinajstić information content (AvgIpc) is 3.32. The van der Waals surface area contributed by atoms with Gasteiger partial charge in [-0.2, -0.15) is 0 Å². The molecule has 14 heteroatoms. The Hall–Kier alpha value is -3.69. The van der Waals surface area contributed by atoms with Crippen LogP contribution in [0.5, 0.6) is 0 Å². The second-order valence-corrected chi connectivity index (χ2v) is 10.0. The fourth-order valence-electron chi connectivity index (χ4n) is 3.85. The van der Waals surface area contributed by atoms with E-state index in [-0.39, 0.29) is 68.9 Å². The van der Waals surface area contributed by atoms with Gasteiger partial charge < -0.3 is 39.6 Å². The number of carbonyl (C=O) groups is 5. The van der Waals surface area contributed by atoms with Gasteiger partial charge in [0.2, 0.25) is 17.7 Å². The molecular formula is C30H44N4O10. The lowest BCUT2D eigenvalue weighted by Crippen LogP contribution is -2.51. The van der Waals surface area contributed by atoms with E-state index in [0.717, 1.165) is 10.5 Å². The summed E-state index contributed by atoms with van der Waals surface area (Å²) in [4.78, 5) is 61.2. The van der Waals surface area contributed by atoms with Gasteiger partial charge in [0.1, 0.15) is 6.04 Å². The van der Waals surface area contributed by atoms with Crippen LogP contribution in [-0.4, -0.2) is 114 Å². The first-order chi connectivity index (χ1) is 21.2. The van der Waals surface area contributed by atoms with E-state index >= 15 is 0 Å². The molecule has 1 aromatic rings. The molecule has 1 aromatic carbocycles. The highest BCUT2D eigenvalue weighted by Gasteiger charge is 2.24. The number of hydrogen-bond donors (Lipinski definition) is 3. The zero-order valence-corrected chi connectivity index (χ0v) is 25.6. The van der Waals surface area contributed by atoms with Crippen LogP contribution in [0, 0.1) is 5.92 Å². The quantitative estimate of drug-likeness (QED) is 0.115. The minimum atomic E-state index is -0.798. The van der Waals surface area contributed by atoms with E-state index in [2.05, 4.69) is 16.0 Å². The number of nitrogens with zero attached hydrogens (tertiary/aromatic N) is 1. The monoisotopic (exact) mass is 620 g/mol. The van der Waals surface area contributed by atoms with Crippen molar-refractivity contribution in [3.63, 3.8) is 0 Å². The molecule has 1 atom stereocenters. The standard InChI is InChI=1S/C30H44N4O10/c1-22(2)29(30(39)31-20-26(36)32-24-6-4-23(5-7-24)21-40-3)33-25(35)10-12-41-14-16-43-18-19-44-17-15-42-13-11-34-27(37)8-9-28(34)38/h4-9,22,29H,10-21H2,1-3H3,(H,31,39)(H,32,36)(H,33,35). The molecule has 14 nitrogen and oxygen atoms in total. The van der Waals surface area contributed by atoms with Crippen LogP contribution in [0.4, 0.5) is 5.69 Å². The molecule has 0 spiro atoms. The highest BCUT2D eigenvalue weighted by molar-refractivity contribution is 6.12. The van der Waals surface area contributed by atoms with Gasteiger partial charge in [-0.25, -0.2) is 0 Å². The Balaban J connectivity index is 1.46. The maximum absolute atomic E-state index is 12.6. The molecule has 2 rings (SSSR count). The zero-order chi connectivity index (χ0) is 32.2. The highest BCUT2D eigenvalue weighted by atomic mass is 16.6. The van der Waals surface area contributed by atoms with Crippen LogP contribution in [0.3, 0.4) is 0 Å². The zero-order valence-electron chi connectivity index (χ0n) is 25.6. The Labute approximate surface area is 257 Å². The number of carbonyl (C=O) groups excluding carboxylic acids is 5. The van der Waals surface area contributed by atoms with Crippen molar-refractivity contribution >= 4 is 35.2 Å². The second kappa shape index (κ2) is 21.1. The Morgan fingerprint density at radius 3 is 1.86 bits per heavy atom. The lowest BCUT2D eigenvalue weighted by atomic mass is 10.0. The molecular weight excluding hydrogens is 576 g/mol. The highest BCUT2D eigenvalue weighted by Crippen LogP contribution is 2.10. The first-order valence-electron chi connectivity index (χ1n) is 14.5. The van der Waals surface area contributed by atoms with Crippen LogP contribution in [0.15, 0.2) is 36.4 Å². The number of methoxy groups -OCH3 is 1. The molecule has 1 aliphatic heterocycles. The van der Waals surface area contributed by atoms with Crippen molar-refractivity contribution < 1.29 is 47.7 Å². The number of nitrogens with one attached hydrogen (secondary N) is 3. The minimum absolute atomic E-state index is 0.0652. The van der Waals surface area contributed by atoms with E-state index in [1.54, 1.807) is 33.1 Å².